The van der Waals surface area contributed by atoms with Gasteiger partial charge >= 0.3 is 103 Å². The van der Waals surface area contributed by atoms with Crippen LogP contribution in [0.5, 0.6) is 0 Å². The Bertz CT molecular complexity index is 11.6. The van der Waals surface area contributed by atoms with Gasteiger partial charge in [0.2, 0.25) is 0 Å². The molecule has 0 saturated carbocycles. The first-order valence-corrected chi connectivity index (χ1v) is 0.687. The van der Waals surface area contributed by atoms with Gasteiger partial charge < -0.3 is 0 Å². The average molecular weight is 339 g/mol. The van der Waals surface area contributed by atoms with E-state index in [0.717, 1.165) is 0 Å². The van der Waals surface area contributed by atoms with Crippen molar-refractivity contribution in [2.75, 3.05) is 0 Å². The third-order valence-corrected chi connectivity index (χ3v) is 0. The summed E-state index contributed by atoms with van der Waals surface area (Å²) in [6, 6.07) is 0. The van der Waals surface area contributed by atoms with Crippen LogP contribution in [0, 0.1) is 35.6 Å². The summed E-state index contributed by atoms with van der Waals surface area (Å²) in [5, 5.41) is 0. The Hall–Kier alpha value is 4.27. The predicted molar refractivity (Wildman–Crippen MR) is 17.8 cm³/mol. The van der Waals surface area contributed by atoms with Crippen LogP contribution in [0.2, 0.25) is 0 Å². The van der Waals surface area contributed by atoms with Gasteiger partial charge in [-0.2, -0.15) is 0 Å². The number of hydrogen-bond acceptors (Lipinski definition) is 1. The van der Waals surface area contributed by atoms with E-state index < -0.39 is 0 Å². The second-order valence-electron chi connectivity index (χ2n) is 0. The third kappa shape index (κ3) is 17.8. The molecule has 0 unspecified atom stereocenters. The van der Waals surface area contributed by atoms with Gasteiger partial charge in [-0.3, -0.25) is 0 Å². The van der Waals surface area contributed by atoms with E-state index in [-0.39, 0.29) is 119 Å². The van der Waals surface area contributed by atoms with Crippen molar-refractivity contribution in [2.24, 2.45) is 0 Å². The van der Waals surface area contributed by atoms with E-state index in [0.29, 0.717) is 0 Å². The van der Waals surface area contributed by atoms with Crippen molar-refractivity contribution in [3.8, 4) is 0 Å². The molecule has 0 amide bonds. The Morgan fingerprint density at radius 1 is 1.20 bits per heavy atom. The van der Waals surface area contributed by atoms with E-state index in [1.54, 1.807) is 0 Å². The minimum absolute atomic E-state index is 0. The molecule has 0 aromatic rings. The van der Waals surface area contributed by atoms with Gasteiger partial charge in [0.25, 0.3) is 0 Å². The van der Waals surface area contributed by atoms with Gasteiger partial charge in [0.15, 0.2) is 0 Å². The Labute approximate surface area is 135 Å². The van der Waals surface area contributed by atoms with Crippen LogP contribution in [0.4, 0.5) is 0 Å². The fourth-order valence-corrected chi connectivity index (χ4v) is 0. The number of hydrogen-bond donors (Lipinski definition) is 0. The average Bonchev–Trinajstić information content (AvgIpc) is 1.00. The Morgan fingerprint density at radius 2 is 1.20 bits per heavy atom. The zero-order valence-corrected chi connectivity index (χ0v) is 6.29. The van der Waals surface area contributed by atoms with Crippen molar-refractivity contribution >= 4 is 83.2 Å². The Morgan fingerprint density at radius 3 is 1.20 bits per heavy atom. The van der Waals surface area contributed by atoms with E-state index >= 15 is 0 Å². The molecule has 0 aliphatic heterocycles. The van der Waals surface area contributed by atoms with Crippen LogP contribution in [-0.4, -0.2) is 83.2 Å². The molecule has 5 heavy (non-hydrogen) atoms. The standard InChI is InChI=1S/Ca.Cr.La.O.Sr.4H. The molecule has 1 radical (unpaired) electrons. The molecule has 0 bridgehead atoms. The van der Waals surface area contributed by atoms with Crippen molar-refractivity contribution in [3.05, 3.63) is 0 Å². The van der Waals surface area contributed by atoms with Crippen LogP contribution < -0.4 is 0 Å². The zero-order valence-electron chi connectivity index (χ0n) is 1.39. The van der Waals surface area contributed by atoms with E-state index in [9.17, 15) is 0 Å². The SMILES string of the molecule is [CaH2].[La].[O]=[Cr].[SrH2]. The molecule has 0 atom stereocenters. The van der Waals surface area contributed by atoms with Crippen LogP contribution in [0.1, 0.15) is 0 Å². The quantitative estimate of drug-likeness (QED) is 0.469. The fourth-order valence-electron chi connectivity index (χ4n) is 0. The molecule has 0 aliphatic rings. The Kier molecular flexibility index (Phi) is 109. The molecule has 0 aromatic heterocycles. The van der Waals surface area contributed by atoms with Gasteiger partial charge in [0.1, 0.15) is 0 Å². The molecule has 0 spiro atoms. The van der Waals surface area contributed by atoms with Gasteiger partial charge in [0.05, 0.1) is 0 Å². The Balaban J connectivity index is -0.00000000167. The van der Waals surface area contributed by atoms with Crippen molar-refractivity contribution in [2.45, 2.75) is 0 Å². The van der Waals surface area contributed by atoms with Gasteiger partial charge in [0, 0.05) is 35.6 Å². The van der Waals surface area contributed by atoms with Crippen LogP contribution in [-0.2, 0) is 20.0 Å². The summed E-state index contributed by atoms with van der Waals surface area (Å²) in [7, 11) is 0. The monoisotopic (exact) mass is 339 g/mol. The second kappa shape index (κ2) is 24.0. The number of rotatable bonds is 0. The molecule has 0 heterocycles. The van der Waals surface area contributed by atoms with Crippen molar-refractivity contribution in [1.29, 1.82) is 0 Å². The first-order valence-electron chi connectivity index (χ1n) is 0.167. The van der Waals surface area contributed by atoms with Crippen LogP contribution >= 0.6 is 0 Å². The summed E-state index contributed by atoms with van der Waals surface area (Å²) < 4.78 is 8.12. The van der Waals surface area contributed by atoms with E-state index in [1.165, 1.54) is 16.2 Å². The molecular formula is H4CaCrLaOSr. The first kappa shape index (κ1) is 22.8. The van der Waals surface area contributed by atoms with Gasteiger partial charge in [-0.1, -0.05) is 0 Å². The summed E-state index contributed by atoms with van der Waals surface area (Å²) in [6.45, 7) is 0. The van der Waals surface area contributed by atoms with Crippen LogP contribution in [0.3, 0.4) is 0 Å². The zero-order chi connectivity index (χ0) is 2.00. The molecule has 0 fully saturated rings. The molecule has 1 nitrogen and oxygen atoms in total. The summed E-state index contributed by atoms with van der Waals surface area (Å²) in [5.74, 6) is 0. The van der Waals surface area contributed by atoms with Crippen molar-refractivity contribution < 1.29 is 55.6 Å². The van der Waals surface area contributed by atoms with Crippen LogP contribution in [0.15, 0.2) is 0 Å². The van der Waals surface area contributed by atoms with Crippen LogP contribution in [0.25, 0.3) is 0 Å². The van der Waals surface area contributed by atoms with Gasteiger partial charge in [-0.25, -0.2) is 0 Å². The summed E-state index contributed by atoms with van der Waals surface area (Å²) in [6.07, 6.45) is 0. The molecule has 0 N–H and O–H groups in total. The van der Waals surface area contributed by atoms with Crippen molar-refractivity contribution in [1.82, 2.24) is 0 Å². The summed E-state index contributed by atoms with van der Waals surface area (Å²) in [4.78, 5) is 0. The van der Waals surface area contributed by atoms with E-state index in [4.69, 9.17) is 3.80 Å². The maximum atomic E-state index is 8.12. The molecule has 5 heteroatoms. The van der Waals surface area contributed by atoms with Gasteiger partial charge in [-0.05, 0) is 0 Å². The first-order chi connectivity index (χ1) is 1.00. The predicted octanol–water partition coefficient (Wildman–Crippen LogP) is -1.95. The molecule has 0 aliphatic carbocycles. The fraction of sp³-hybridized carbons (Fsp3) is 0. The summed E-state index contributed by atoms with van der Waals surface area (Å²) in [5.41, 5.74) is 0. The summed E-state index contributed by atoms with van der Waals surface area (Å²) >= 11 is 1.38. The van der Waals surface area contributed by atoms with Crippen molar-refractivity contribution in [3.63, 3.8) is 0 Å². The minimum atomic E-state index is 0. The molecule has 0 rings (SSSR count). The molecular weight excluding hydrogens is 335 g/mol. The maximum absolute atomic E-state index is 8.12. The molecule has 0 aromatic carbocycles. The van der Waals surface area contributed by atoms with E-state index in [1.807, 2.05) is 0 Å². The molecule has 0 saturated heterocycles. The normalized spacial score (nSPS) is 0.800. The second-order valence-corrected chi connectivity index (χ2v) is 0. The molecule has 23 valence electrons. The van der Waals surface area contributed by atoms with E-state index in [2.05, 4.69) is 0 Å². The topological polar surface area (TPSA) is 17.1 Å². The third-order valence-electron chi connectivity index (χ3n) is 0. The van der Waals surface area contributed by atoms with Gasteiger partial charge in [-0.15, -0.1) is 0 Å².